The first kappa shape index (κ1) is 16.8. The lowest BCUT2D eigenvalue weighted by Crippen LogP contribution is -2.31. The number of carbonyl (C=O) groups is 2. The zero-order valence-electron chi connectivity index (χ0n) is 13.9. The molecule has 0 bridgehead atoms. The van der Waals surface area contributed by atoms with Crippen LogP contribution in [0.5, 0.6) is 0 Å². The molecule has 1 aliphatic rings. The summed E-state index contributed by atoms with van der Waals surface area (Å²) in [5.41, 5.74) is 1.13. The lowest BCUT2D eigenvalue weighted by molar-refractivity contribution is -0.135. The molecule has 24 heavy (non-hydrogen) atoms. The van der Waals surface area contributed by atoms with Crippen LogP contribution >= 0.6 is 11.8 Å². The van der Waals surface area contributed by atoms with Crippen LogP contribution in [0.1, 0.15) is 18.4 Å². The van der Waals surface area contributed by atoms with Crippen molar-refractivity contribution in [3.63, 3.8) is 0 Å². The van der Waals surface area contributed by atoms with E-state index >= 15 is 0 Å². The van der Waals surface area contributed by atoms with E-state index in [1.54, 1.807) is 23.7 Å². The van der Waals surface area contributed by atoms with E-state index in [9.17, 15) is 9.59 Å². The number of amides is 2. The molecular weight excluding hydrogens is 320 g/mol. The minimum absolute atomic E-state index is 0.0168. The predicted molar refractivity (Wildman–Crippen MR) is 98.7 cm³/mol. The largest absolute Gasteiger partial charge is 0.341 e. The predicted octanol–water partition coefficient (Wildman–Crippen LogP) is 3.11. The third-order valence-corrected chi connectivity index (χ3v) is 5.34. The third kappa shape index (κ3) is 3.90. The molecule has 1 fully saturated rings. The Morgan fingerprint density at radius 3 is 2.71 bits per heavy atom. The molecule has 2 aromatic carbocycles. The molecule has 1 heterocycles. The smallest absolute Gasteiger partial charge is 0.223 e. The molecule has 0 saturated carbocycles. The molecular formula is C19H22N2O2S. The van der Waals surface area contributed by atoms with Gasteiger partial charge in [0.25, 0.3) is 0 Å². The summed E-state index contributed by atoms with van der Waals surface area (Å²) < 4.78 is 0. The van der Waals surface area contributed by atoms with Crippen molar-refractivity contribution in [2.24, 2.45) is 0 Å². The average Bonchev–Trinajstić information content (AvgIpc) is 3.14. The van der Waals surface area contributed by atoms with Gasteiger partial charge in [-0.25, -0.2) is 0 Å². The van der Waals surface area contributed by atoms with Gasteiger partial charge in [0.1, 0.15) is 0 Å². The second kappa shape index (κ2) is 7.71. The second-order valence-corrected chi connectivity index (χ2v) is 7.16. The summed E-state index contributed by atoms with van der Waals surface area (Å²) in [6.07, 6.45) is 0.584. The van der Waals surface area contributed by atoms with Gasteiger partial charge in [0.15, 0.2) is 0 Å². The van der Waals surface area contributed by atoms with Gasteiger partial charge >= 0.3 is 0 Å². The molecule has 0 unspecified atom stereocenters. The zero-order chi connectivity index (χ0) is 16.9. The van der Waals surface area contributed by atoms with Crippen molar-refractivity contribution in [2.75, 3.05) is 25.2 Å². The van der Waals surface area contributed by atoms with E-state index in [-0.39, 0.29) is 18.2 Å². The molecule has 0 radical (unpaired) electrons. The summed E-state index contributed by atoms with van der Waals surface area (Å²) in [6.45, 7) is 1.37. The summed E-state index contributed by atoms with van der Waals surface area (Å²) in [4.78, 5) is 28.0. The van der Waals surface area contributed by atoms with E-state index in [2.05, 4.69) is 24.3 Å². The van der Waals surface area contributed by atoms with Gasteiger partial charge in [-0.2, -0.15) is 0 Å². The Morgan fingerprint density at radius 2 is 1.92 bits per heavy atom. The first-order chi connectivity index (χ1) is 11.6. The van der Waals surface area contributed by atoms with Crippen LogP contribution in [0.15, 0.2) is 42.5 Å². The molecule has 1 saturated heterocycles. The van der Waals surface area contributed by atoms with Gasteiger partial charge in [-0.15, -0.1) is 11.8 Å². The Morgan fingerprint density at radius 1 is 1.12 bits per heavy atom. The van der Waals surface area contributed by atoms with E-state index in [1.807, 2.05) is 23.1 Å². The summed E-state index contributed by atoms with van der Waals surface area (Å²) in [5, 5.41) is 2.35. The van der Waals surface area contributed by atoms with Crippen LogP contribution < -0.4 is 0 Å². The van der Waals surface area contributed by atoms with Gasteiger partial charge in [-0.1, -0.05) is 42.5 Å². The molecule has 3 rings (SSSR count). The van der Waals surface area contributed by atoms with Crippen molar-refractivity contribution in [2.45, 2.75) is 19.4 Å². The quantitative estimate of drug-likeness (QED) is 0.838. The molecule has 126 valence electrons. The van der Waals surface area contributed by atoms with E-state index in [1.165, 1.54) is 10.8 Å². The van der Waals surface area contributed by atoms with Gasteiger partial charge in [0, 0.05) is 38.7 Å². The maximum atomic E-state index is 12.4. The topological polar surface area (TPSA) is 40.6 Å². The Bertz CT molecular complexity index is 736. The van der Waals surface area contributed by atoms with E-state index in [0.717, 1.165) is 23.7 Å². The number of fused-ring (bicyclic) bond motifs is 1. The van der Waals surface area contributed by atoms with Crippen LogP contribution in [0.3, 0.4) is 0 Å². The maximum absolute atomic E-state index is 12.4. The number of benzene rings is 2. The highest BCUT2D eigenvalue weighted by atomic mass is 32.2. The molecule has 2 aromatic rings. The van der Waals surface area contributed by atoms with E-state index < -0.39 is 0 Å². The minimum Gasteiger partial charge on any atom is -0.341 e. The fourth-order valence-electron chi connectivity index (χ4n) is 2.95. The molecule has 0 spiro atoms. The number of nitrogens with zero attached hydrogens (tertiary/aromatic N) is 2. The van der Waals surface area contributed by atoms with Crippen molar-refractivity contribution in [3.8, 4) is 0 Å². The Hall–Kier alpha value is -2.01. The van der Waals surface area contributed by atoms with Crippen molar-refractivity contribution >= 4 is 34.3 Å². The molecule has 2 amide bonds. The van der Waals surface area contributed by atoms with Gasteiger partial charge in [0.2, 0.25) is 11.8 Å². The highest BCUT2D eigenvalue weighted by molar-refractivity contribution is 7.99. The fourth-order valence-corrected chi connectivity index (χ4v) is 3.92. The third-order valence-electron chi connectivity index (χ3n) is 4.37. The first-order valence-electron chi connectivity index (χ1n) is 8.21. The Balaban J connectivity index is 1.58. The van der Waals surface area contributed by atoms with Crippen molar-refractivity contribution in [1.29, 1.82) is 0 Å². The van der Waals surface area contributed by atoms with E-state index in [4.69, 9.17) is 0 Å². The molecule has 1 aliphatic heterocycles. The number of thioether (sulfide) groups is 1. The summed E-state index contributed by atoms with van der Waals surface area (Å²) in [5.74, 6) is 1.87. The highest BCUT2D eigenvalue weighted by Gasteiger charge is 2.20. The number of hydrogen-bond donors (Lipinski definition) is 0. The highest BCUT2D eigenvalue weighted by Crippen LogP contribution is 2.20. The number of carbonyl (C=O) groups excluding carboxylic acids is 2. The Labute approximate surface area is 146 Å². The minimum atomic E-state index is 0.0168. The number of rotatable bonds is 5. The molecule has 0 N–H and O–H groups in total. The SMILES string of the molecule is CN(Cc1cccc2ccccc12)C(=O)CCC(=O)N1CCSC1. The zero-order valence-corrected chi connectivity index (χ0v) is 14.7. The molecule has 0 aromatic heterocycles. The first-order valence-corrected chi connectivity index (χ1v) is 9.37. The van der Waals surface area contributed by atoms with Crippen LogP contribution in [0.2, 0.25) is 0 Å². The van der Waals surface area contributed by atoms with Gasteiger partial charge in [-0.05, 0) is 16.3 Å². The van der Waals surface area contributed by atoms with Crippen LogP contribution in [0, 0.1) is 0 Å². The van der Waals surface area contributed by atoms with Gasteiger partial charge < -0.3 is 9.80 Å². The fraction of sp³-hybridized carbons (Fsp3) is 0.368. The lowest BCUT2D eigenvalue weighted by Gasteiger charge is -2.19. The van der Waals surface area contributed by atoms with E-state index in [0.29, 0.717) is 13.0 Å². The summed E-state index contributed by atoms with van der Waals surface area (Å²) in [6, 6.07) is 14.3. The van der Waals surface area contributed by atoms with Crippen LogP contribution in [0.25, 0.3) is 10.8 Å². The monoisotopic (exact) mass is 342 g/mol. The second-order valence-electron chi connectivity index (χ2n) is 6.08. The summed E-state index contributed by atoms with van der Waals surface area (Å²) >= 11 is 1.76. The summed E-state index contributed by atoms with van der Waals surface area (Å²) in [7, 11) is 1.81. The molecule has 0 aliphatic carbocycles. The van der Waals surface area contributed by atoms with Crippen molar-refractivity contribution < 1.29 is 9.59 Å². The molecule has 5 heteroatoms. The average molecular weight is 342 g/mol. The van der Waals surface area contributed by atoms with Gasteiger partial charge in [0.05, 0.1) is 5.88 Å². The van der Waals surface area contributed by atoms with Crippen LogP contribution in [-0.2, 0) is 16.1 Å². The van der Waals surface area contributed by atoms with Gasteiger partial charge in [-0.3, -0.25) is 9.59 Å². The maximum Gasteiger partial charge on any atom is 0.223 e. The van der Waals surface area contributed by atoms with Crippen LogP contribution in [-0.4, -0.2) is 46.8 Å². The lowest BCUT2D eigenvalue weighted by atomic mass is 10.0. The Kier molecular flexibility index (Phi) is 5.41. The normalized spacial score (nSPS) is 14.1. The number of hydrogen-bond acceptors (Lipinski definition) is 3. The van der Waals surface area contributed by atoms with Crippen LogP contribution in [0.4, 0.5) is 0 Å². The molecule has 4 nitrogen and oxygen atoms in total. The standard InChI is InChI=1S/C19H22N2O2S/c1-20(18(22)9-10-19(23)21-11-12-24-14-21)13-16-7-4-6-15-5-2-3-8-17(15)16/h2-8H,9-14H2,1H3. The molecule has 0 atom stereocenters. The van der Waals surface area contributed by atoms with Crippen molar-refractivity contribution in [1.82, 2.24) is 9.80 Å². The van der Waals surface area contributed by atoms with Crippen molar-refractivity contribution in [3.05, 3.63) is 48.0 Å².